The number of hydrogen-bond acceptors (Lipinski definition) is 2. The first kappa shape index (κ1) is 24.3. The molecule has 39 heavy (non-hydrogen) atoms. The highest BCUT2D eigenvalue weighted by Crippen LogP contribution is 2.38. The van der Waals surface area contributed by atoms with Crippen molar-refractivity contribution in [1.29, 1.82) is 0 Å². The van der Waals surface area contributed by atoms with Crippen molar-refractivity contribution in [1.82, 2.24) is 0 Å². The second-order valence-electron chi connectivity index (χ2n) is 9.41. The molecule has 0 saturated heterocycles. The molecule has 0 aliphatic carbocycles. The van der Waals surface area contributed by atoms with Crippen LogP contribution in [0.15, 0.2) is 141 Å². The molecule has 0 atom stereocenters. The molecule has 0 aliphatic heterocycles. The zero-order valence-electron chi connectivity index (χ0n) is 21.7. The van der Waals surface area contributed by atoms with Crippen LogP contribution in [0.3, 0.4) is 0 Å². The van der Waals surface area contributed by atoms with Gasteiger partial charge in [-0.05, 0) is 30.8 Å². The van der Waals surface area contributed by atoms with Crippen LogP contribution in [-0.2, 0) is 6.54 Å². The van der Waals surface area contributed by atoms with Crippen molar-refractivity contribution in [2.45, 2.75) is 13.5 Å². The SMILES string of the molecule is C=NC(=NC(=NCc1ccc(-c2ccc(C)cc2)c2oc3ccccc3c12)c1ccccc1)c1ccccc1. The molecule has 5 aromatic carbocycles. The Kier molecular flexibility index (Phi) is 6.67. The van der Waals surface area contributed by atoms with Crippen LogP contribution in [0.5, 0.6) is 0 Å². The number of aryl methyl sites for hydroxylation is 1. The van der Waals surface area contributed by atoms with Gasteiger partial charge in [0.2, 0.25) is 0 Å². The third-order valence-corrected chi connectivity index (χ3v) is 6.80. The molecule has 1 aromatic heterocycles. The lowest BCUT2D eigenvalue weighted by atomic mass is 9.98. The van der Waals surface area contributed by atoms with Gasteiger partial charge in [-0.25, -0.2) is 9.98 Å². The summed E-state index contributed by atoms with van der Waals surface area (Å²) in [7, 11) is 0. The molecule has 0 radical (unpaired) electrons. The Labute approximate surface area is 227 Å². The molecule has 0 unspecified atom stereocenters. The summed E-state index contributed by atoms with van der Waals surface area (Å²) in [6.07, 6.45) is 0. The van der Waals surface area contributed by atoms with Gasteiger partial charge in [0, 0.05) is 27.5 Å². The molecule has 4 nitrogen and oxygen atoms in total. The smallest absolute Gasteiger partial charge is 0.161 e. The van der Waals surface area contributed by atoms with Crippen molar-refractivity contribution < 1.29 is 4.42 Å². The first-order valence-electron chi connectivity index (χ1n) is 12.9. The number of furan rings is 1. The molecule has 6 aromatic rings. The summed E-state index contributed by atoms with van der Waals surface area (Å²) in [4.78, 5) is 14.1. The molecule has 0 saturated carbocycles. The van der Waals surface area contributed by atoms with Gasteiger partial charge in [0.1, 0.15) is 11.2 Å². The summed E-state index contributed by atoms with van der Waals surface area (Å²) in [6.45, 7) is 6.29. The lowest BCUT2D eigenvalue weighted by Gasteiger charge is -2.08. The topological polar surface area (TPSA) is 50.2 Å². The van der Waals surface area contributed by atoms with E-state index in [1.54, 1.807) is 0 Å². The Morgan fingerprint density at radius 2 is 1.33 bits per heavy atom. The molecular formula is C35H27N3O. The highest BCUT2D eigenvalue weighted by Gasteiger charge is 2.16. The monoisotopic (exact) mass is 505 g/mol. The number of hydrogen-bond donors (Lipinski definition) is 0. The molecule has 0 bridgehead atoms. The molecule has 0 spiro atoms. The van der Waals surface area contributed by atoms with Crippen molar-refractivity contribution in [3.05, 3.63) is 144 Å². The maximum atomic E-state index is 6.44. The summed E-state index contributed by atoms with van der Waals surface area (Å²) < 4.78 is 6.44. The fraction of sp³-hybridized carbons (Fsp3) is 0.0571. The minimum Gasteiger partial charge on any atom is -0.455 e. The second kappa shape index (κ2) is 10.7. The Bertz CT molecular complexity index is 1830. The van der Waals surface area contributed by atoms with E-state index in [4.69, 9.17) is 14.4 Å². The molecule has 4 heteroatoms. The van der Waals surface area contributed by atoms with Crippen LogP contribution in [0.4, 0.5) is 0 Å². The summed E-state index contributed by atoms with van der Waals surface area (Å²) in [5.41, 5.74) is 8.03. The van der Waals surface area contributed by atoms with E-state index >= 15 is 0 Å². The molecule has 188 valence electrons. The van der Waals surface area contributed by atoms with Gasteiger partial charge in [-0.2, -0.15) is 0 Å². The quantitative estimate of drug-likeness (QED) is 0.171. The third-order valence-electron chi connectivity index (χ3n) is 6.80. The number of aliphatic imine (C=N–C) groups is 3. The summed E-state index contributed by atoms with van der Waals surface area (Å²) >= 11 is 0. The zero-order valence-corrected chi connectivity index (χ0v) is 21.7. The molecule has 0 aliphatic rings. The lowest BCUT2D eigenvalue weighted by Crippen LogP contribution is -2.05. The molecular weight excluding hydrogens is 478 g/mol. The first-order valence-corrected chi connectivity index (χ1v) is 12.9. The van der Waals surface area contributed by atoms with Crippen molar-refractivity contribution in [3.8, 4) is 11.1 Å². The minimum atomic E-state index is 0.432. The number of rotatable bonds is 5. The van der Waals surface area contributed by atoms with E-state index in [2.05, 4.69) is 61.1 Å². The van der Waals surface area contributed by atoms with Crippen LogP contribution in [0.1, 0.15) is 22.3 Å². The Morgan fingerprint density at radius 3 is 2.03 bits per heavy atom. The number of benzene rings is 5. The van der Waals surface area contributed by atoms with E-state index in [-0.39, 0.29) is 0 Å². The predicted molar refractivity (Wildman–Crippen MR) is 163 cm³/mol. The maximum absolute atomic E-state index is 6.44. The van der Waals surface area contributed by atoms with Crippen molar-refractivity contribution >= 4 is 40.3 Å². The van der Waals surface area contributed by atoms with Gasteiger partial charge in [-0.3, -0.25) is 4.99 Å². The van der Waals surface area contributed by atoms with Crippen molar-refractivity contribution in [2.75, 3.05) is 0 Å². The largest absolute Gasteiger partial charge is 0.455 e. The number of fused-ring (bicyclic) bond motifs is 3. The van der Waals surface area contributed by atoms with E-state index in [9.17, 15) is 0 Å². The summed E-state index contributed by atoms with van der Waals surface area (Å²) in [6, 6.07) is 40.8. The van der Waals surface area contributed by atoms with Gasteiger partial charge in [0.15, 0.2) is 11.7 Å². The Balaban J connectivity index is 1.50. The van der Waals surface area contributed by atoms with Crippen LogP contribution in [0.25, 0.3) is 33.1 Å². The van der Waals surface area contributed by atoms with Gasteiger partial charge >= 0.3 is 0 Å². The van der Waals surface area contributed by atoms with Crippen LogP contribution in [0.2, 0.25) is 0 Å². The molecule has 0 N–H and O–H groups in total. The first-order chi connectivity index (χ1) is 19.2. The summed E-state index contributed by atoms with van der Waals surface area (Å²) in [5.74, 6) is 1.14. The van der Waals surface area contributed by atoms with Gasteiger partial charge in [0.25, 0.3) is 0 Å². The normalized spacial score (nSPS) is 12.2. The van der Waals surface area contributed by atoms with Crippen LogP contribution in [0, 0.1) is 6.92 Å². The van der Waals surface area contributed by atoms with Gasteiger partial charge in [0.05, 0.1) is 6.54 Å². The predicted octanol–water partition coefficient (Wildman–Crippen LogP) is 8.66. The summed E-state index contributed by atoms with van der Waals surface area (Å²) in [5, 5.41) is 2.16. The number of amidine groups is 2. The molecule has 1 heterocycles. The highest BCUT2D eigenvalue weighted by atomic mass is 16.3. The van der Waals surface area contributed by atoms with Crippen LogP contribution >= 0.6 is 0 Å². The maximum Gasteiger partial charge on any atom is 0.161 e. The van der Waals surface area contributed by atoms with Crippen LogP contribution < -0.4 is 0 Å². The highest BCUT2D eigenvalue weighted by molar-refractivity contribution is 6.13. The minimum absolute atomic E-state index is 0.432. The van der Waals surface area contributed by atoms with Gasteiger partial charge < -0.3 is 4.42 Å². The third kappa shape index (κ3) is 4.92. The van der Waals surface area contributed by atoms with E-state index in [1.165, 1.54) is 5.56 Å². The van der Waals surface area contributed by atoms with E-state index in [1.807, 2.05) is 78.9 Å². The fourth-order valence-electron chi connectivity index (χ4n) is 4.81. The van der Waals surface area contributed by atoms with E-state index in [0.29, 0.717) is 18.2 Å². The fourth-order valence-corrected chi connectivity index (χ4v) is 4.81. The standard InChI is InChI=1S/C35H27N3O/c1-24-17-19-25(20-18-24)29-22-21-28(32-30-15-9-10-16-31(30)39-33(29)32)23-37-35(27-13-7-4-8-14-27)38-34(36-2)26-11-5-3-6-12-26/h3-22H,2,23H2,1H3. The molecule has 0 fully saturated rings. The van der Waals surface area contributed by atoms with Crippen LogP contribution in [-0.4, -0.2) is 18.4 Å². The molecule has 6 rings (SSSR count). The van der Waals surface area contributed by atoms with Crippen molar-refractivity contribution in [3.63, 3.8) is 0 Å². The lowest BCUT2D eigenvalue weighted by molar-refractivity contribution is 0.669. The number of para-hydroxylation sites is 1. The zero-order chi connectivity index (χ0) is 26.6. The molecule has 0 amide bonds. The van der Waals surface area contributed by atoms with Gasteiger partial charge in [-0.1, -0.05) is 121 Å². The Morgan fingerprint density at radius 1 is 0.692 bits per heavy atom. The van der Waals surface area contributed by atoms with Gasteiger partial charge in [-0.15, -0.1) is 0 Å². The second-order valence-corrected chi connectivity index (χ2v) is 9.41. The average molecular weight is 506 g/mol. The van der Waals surface area contributed by atoms with E-state index in [0.717, 1.165) is 49.8 Å². The van der Waals surface area contributed by atoms with E-state index < -0.39 is 0 Å². The van der Waals surface area contributed by atoms with Crippen molar-refractivity contribution in [2.24, 2.45) is 15.0 Å². The average Bonchev–Trinajstić information content (AvgIpc) is 3.39. The Hall–Kier alpha value is -5.09. The number of nitrogens with zero attached hydrogens (tertiary/aromatic N) is 3.